The summed E-state index contributed by atoms with van der Waals surface area (Å²) in [4.78, 5) is 12.3. The van der Waals surface area contributed by atoms with Crippen LogP contribution in [0.5, 0.6) is 0 Å². The first-order chi connectivity index (χ1) is 8.72. The number of pyridine rings is 1. The smallest absolute Gasteiger partial charge is 0.222 e. The van der Waals surface area contributed by atoms with Crippen LogP contribution in [-0.2, 0) is 0 Å². The molecule has 0 aliphatic carbocycles. The quantitative estimate of drug-likeness (QED) is 0.628. The maximum atomic E-state index is 13.0. The van der Waals surface area contributed by atoms with Crippen molar-refractivity contribution >= 4 is 22.5 Å². The van der Waals surface area contributed by atoms with Crippen LogP contribution < -0.4 is 0 Å². The number of fused-ring (bicyclic) bond motifs is 1. The summed E-state index contributed by atoms with van der Waals surface area (Å²) in [5, 5.41) is 0.924. The molecule has 2 aromatic heterocycles. The third-order valence-corrected chi connectivity index (χ3v) is 2.72. The highest BCUT2D eigenvalue weighted by Crippen LogP contribution is 2.20. The molecule has 88 valence electrons. The van der Waals surface area contributed by atoms with Crippen molar-refractivity contribution in [1.82, 2.24) is 15.0 Å². The summed E-state index contributed by atoms with van der Waals surface area (Å²) in [5.74, 6) is -0.276. The summed E-state index contributed by atoms with van der Waals surface area (Å²) in [6.07, 6.45) is 1.57. The molecule has 0 saturated carbocycles. The van der Waals surface area contributed by atoms with Gasteiger partial charge in [0.15, 0.2) is 0 Å². The zero-order valence-electron chi connectivity index (χ0n) is 9.14. The van der Waals surface area contributed by atoms with E-state index < -0.39 is 0 Å². The predicted octanol–water partition coefficient (Wildman–Crippen LogP) is 3.48. The van der Waals surface area contributed by atoms with E-state index in [-0.39, 0.29) is 11.1 Å². The average Bonchev–Trinajstić information content (AvgIpc) is 2.38. The molecule has 0 aliphatic heterocycles. The maximum Gasteiger partial charge on any atom is 0.222 e. The Labute approximate surface area is 107 Å². The highest BCUT2D eigenvalue weighted by atomic mass is 35.5. The van der Waals surface area contributed by atoms with Crippen LogP contribution in [0.1, 0.15) is 0 Å². The second-order valence-electron chi connectivity index (χ2n) is 3.74. The van der Waals surface area contributed by atoms with E-state index in [1.165, 1.54) is 12.1 Å². The molecular weight excluding hydrogens is 253 g/mol. The molecule has 0 bridgehead atoms. The molecule has 0 unspecified atom stereocenters. The molecule has 0 aliphatic rings. The van der Waals surface area contributed by atoms with Gasteiger partial charge in [-0.15, -0.1) is 0 Å². The van der Waals surface area contributed by atoms with Crippen LogP contribution in [0.4, 0.5) is 4.39 Å². The molecule has 1 aromatic carbocycles. The summed E-state index contributed by atoms with van der Waals surface area (Å²) in [7, 11) is 0. The average molecular weight is 260 g/mol. The van der Waals surface area contributed by atoms with Crippen LogP contribution in [0.15, 0.2) is 42.6 Å². The van der Waals surface area contributed by atoms with Crippen molar-refractivity contribution in [1.29, 1.82) is 0 Å². The molecule has 18 heavy (non-hydrogen) atoms. The third kappa shape index (κ3) is 2.02. The molecule has 3 aromatic rings. The van der Waals surface area contributed by atoms with Gasteiger partial charge in [-0.3, -0.25) is 0 Å². The minimum Gasteiger partial charge on any atom is -0.246 e. The van der Waals surface area contributed by atoms with Crippen LogP contribution in [0, 0.1) is 5.82 Å². The first-order valence-corrected chi connectivity index (χ1v) is 5.65. The number of halogens is 2. The Bertz CT molecular complexity index is 730. The Kier molecular flexibility index (Phi) is 2.64. The zero-order valence-corrected chi connectivity index (χ0v) is 9.89. The largest absolute Gasteiger partial charge is 0.246 e. The molecule has 0 amide bonds. The van der Waals surface area contributed by atoms with Crippen molar-refractivity contribution in [2.45, 2.75) is 0 Å². The number of nitrogens with zero attached hydrogens (tertiary/aromatic N) is 3. The first kappa shape index (κ1) is 11.0. The Morgan fingerprint density at radius 1 is 0.944 bits per heavy atom. The van der Waals surface area contributed by atoms with Gasteiger partial charge in [-0.05, 0) is 41.9 Å². The topological polar surface area (TPSA) is 38.7 Å². The van der Waals surface area contributed by atoms with Gasteiger partial charge in [0.25, 0.3) is 0 Å². The van der Waals surface area contributed by atoms with E-state index in [4.69, 9.17) is 11.6 Å². The number of aromatic nitrogens is 3. The van der Waals surface area contributed by atoms with Gasteiger partial charge < -0.3 is 0 Å². The van der Waals surface area contributed by atoms with Crippen molar-refractivity contribution in [2.24, 2.45) is 0 Å². The lowest BCUT2D eigenvalue weighted by atomic mass is 10.2. The van der Waals surface area contributed by atoms with E-state index in [1.54, 1.807) is 30.5 Å². The van der Waals surface area contributed by atoms with E-state index in [2.05, 4.69) is 15.0 Å². The van der Waals surface area contributed by atoms with E-state index in [1.807, 2.05) is 0 Å². The number of hydrogen-bond donors (Lipinski definition) is 0. The Morgan fingerprint density at radius 2 is 1.78 bits per heavy atom. The molecule has 0 N–H and O–H groups in total. The normalized spacial score (nSPS) is 10.8. The molecule has 0 saturated heterocycles. The summed E-state index contributed by atoms with van der Waals surface area (Å²) >= 11 is 5.73. The van der Waals surface area contributed by atoms with Crippen molar-refractivity contribution in [3.8, 4) is 11.4 Å². The maximum absolute atomic E-state index is 13.0. The molecular formula is C13H7ClFN3. The highest BCUT2D eigenvalue weighted by molar-refractivity contribution is 6.28. The molecule has 5 heteroatoms. The Balaban J connectivity index is 2.16. The minimum absolute atomic E-state index is 0.175. The molecule has 2 heterocycles. The Hall–Kier alpha value is -2.07. The lowest BCUT2D eigenvalue weighted by Crippen LogP contribution is -1.90. The van der Waals surface area contributed by atoms with Crippen molar-refractivity contribution < 1.29 is 4.39 Å². The van der Waals surface area contributed by atoms with Gasteiger partial charge in [-0.25, -0.2) is 19.3 Å². The van der Waals surface area contributed by atoms with E-state index in [0.717, 1.165) is 5.39 Å². The fraction of sp³-hybridized carbons (Fsp3) is 0. The first-order valence-electron chi connectivity index (χ1n) is 5.27. The van der Waals surface area contributed by atoms with Crippen LogP contribution in [0.2, 0.25) is 5.28 Å². The van der Waals surface area contributed by atoms with Gasteiger partial charge >= 0.3 is 0 Å². The number of benzene rings is 1. The summed E-state index contributed by atoms with van der Waals surface area (Å²) < 4.78 is 13.0. The van der Waals surface area contributed by atoms with Crippen molar-refractivity contribution in [3.05, 3.63) is 53.7 Å². The number of hydrogen-bond acceptors (Lipinski definition) is 3. The zero-order chi connectivity index (χ0) is 12.5. The standard InChI is InChI=1S/C13H7ClFN3/c14-13-16-6-5-12(18-13)11-3-1-8-7-9(15)2-4-10(8)17-11/h1-7H. The molecule has 0 fully saturated rings. The lowest BCUT2D eigenvalue weighted by molar-refractivity contribution is 0.629. The van der Waals surface area contributed by atoms with Crippen LogP contribution in [0.3, 0.4) is 0 Å². The second kappa shape index (κ2) is 4.31. The second-order valence-corrected chi connectivity index (χ2v) is 4.08. The van der Waals surface area contributed by atoms with E-state index >= 15 is 0 Å². The van der Waals surface area contributed by atoms with Gasteiger partial charge in [0.05, 0.1) is 16.9 Å². The summed E-state index contributed by atoms with van der Waals surface area (Å²) in [6, 6.07) is 9.77. The third-order valence-electron chi connectivity index (χ3n) is 2.54. The SMILES string of the molecule is Fc1ccc2nc(-c3ccnc(Cl)n3)ccc2c1. The number of rotatable bonds is 1. The van der Waals surface area contributed by atoms with Crippen LogP contribution in [0.25, 0.3) is 22.3 Å². The van der Waals surface area contributed by atoms with Gasteiger partial charge in [-0.2, -0.15) is 0 Å². The van der Waals surface area contributed by atoms with Crippen LogP contribution in [-0.4, -0.2) is 15.0 Å². The highest BCUT2D eigenvalue weighted by Gasteiger charge is 2.04. The summed E-state index contributed by atoms with van der Waals surface area (Å²) in [6.45, 7) is 0. The molecule has 0 radical (unpaired) electrons. The van der Waals surface area contributed by atoms with E-state index in [9.17, 15) is 4.39 Å². The molecule has 0 atom stereocenters. The fourth-order valence-corrected chi connectivity index (χ4v) is 1.86. The predicted molar refractivity (Wildman–Crippen MR) is 67.7 cm³/mol. The molecule has 0 spiro atoms. The fourth-order valence-electron chi connectivity index (χ4n) is 1.72. The van der Waals surface area contributed by atoms with Gasteiger partial charge in [0.2, 0.25) is 5.28 Å². The van der Waals surface area contributed by atoms with Crippen molar-refractivity contribution in [3.63, 3.8) is 0 Å². The molecule has 3 nitrogen and oxygen atoms in total. The minimum atomic E-state index is -0.276. The van der Waals surface area contributed by atoms with Gasteiger partial charge in [0.1, 0.15) is 5.82 Å². The van der Waals surface area contributed by atoms with Crippen LogP contribution >= 0.6 is 11.6 Å². The van der Waals surface area contributed by atoms with Gasteiger partial charge in [-0.1, -0.05) is 6.07 Å². The monoisotopic (exact) mass is 259 g/mol. The summed E-state index contributed by atoms with van der Waals surface area (Å²) in [5.41, 5.74) is 2.03. The molecule has 3 rings (SSSR count). The van der Waals surface area contributed by atoms with Gasteiger partial charge in [0, 0.05) is 11.6 Å². The van der Waals surface area contributed by atoms with Crippen molar-refractivity contribution in [2.75, 3.05) is 0 Å². The lowest BCUT2D eigenvalue weighted by Gasteiger charge is -2.02. The van der Waals surface area contributed by atoms with E-state index in [0.29, 0.717) is 16.9 Å². The Morgan fingerprint density at radius 3 is 2.61 bits per heavy atom.